The van der Waals surface area contributed by atoms with Crippen LogP contribution in [0.2, 0.25) is 0 Å². The maximum absolute atomic E-state index is 15.0. The second-order valence-electron chi connectivity index (χ2n) is 12.3. The zero-order chi connectivity index (χ0) is 30.2. The van der Waals surface area contributed by atoms with Gasteiger partial charge in [0.2, 0.25) is 0 Å². The lowest BCUT2D eigenvalue weighted by atomic mass is 10.0. The van der Waals surface area contributed by atoms with Crippen molar-refractivity contribution in [1.29, 1.82) is 5.26 Å². The number of hydrogen-bond donors (Lipinski definition) is 0. The fraction of sp³-hybridized carbons (Fsp3) is 0.382. The molecule has 0 amide bonds. The molecular weight excluding hydrogens is 561 g/mol. The van der Waals surface area contributed by atoms with Crippen LogP contribution in [-0.4, -0.2) is 58.1 Å². The van der Waals surface area contributed by atoms with Crippen LogP contribution in [0.1, 0.15) is 54.0 Å². The molecule has 44 heavy (non-hydrogen) atoms. The molecule has 0 spiro atoms. The van der Waals surface area contributed by atoms with Gasteiger partial charge in [-0.05, 0) is 68.3 Å². The molecule has 224 valence electrons. The van der Waals surface area contributed by atoms with Crippen LogP contribution >= 0.6 is 0 Å². The number of fused-ring (bicyclic) bond motifs is 3. The molecule has 9 nitrogen and oxygen atoms in total. The highest BCUT2D eigenvalue weighted by atomic mass is 19.1. The molecule has 4 atom stereocenters. The van der Waals surface area contributed by atoms with Gasteiger partial charge in [0.05, 0.1) is 53.1 Å². The van der Waals surface area contributed by atoms with Gasteiger partial charge < -0.3 is 23.7 Å². The summed E-state index contributed by atoms with van der Waals surface area (Å²) in [7, 11) is 0. The normalized spacial score (nSPS) is 25.4. The molecule has 3 aromatic carbocycles. The number of nitrogens with zero attached hydrogens (tertiary/aromatic N) is 5. The predicted octanol–water partition coefficient (Wildman–Crippen LogP) is 5.15. The van der Waals surface area contributed by atoms with Gasteiger partial charge in [-0.2, -0.15) is 5.26 Å². The average Bonchev–Trinajstić information content (AvgIpc) is 3.61. The van der Waals surface area contributed by atoms with E-state index in [1.807, 2.05) is 42.5 Å². The number of Topliss-reactive ketones (excluding diaryl/α,β-unsaturated/α-hetero) is 1. The molecule has 4 aliphatic rings. The van der Waals surface area contributed by atoms with Crippen LogP contribution in [0.5, 0.6) is 11.5 Å². The Labute approximate surface area is 254 Å². The highest BCUT2D eigenvalue weighted by Crippen LogP contribution is 2.52. The van der Waals surface area contributed by atoms with Crippen LogP contribution < -0.4 is 14.4 Å². The summed E-state index contributed by atoms with van der Waals surface area (Å²) in [4.78, 5) is 22.0. The number of piperazine rings is 1. The van der Waals surface area contributed by atoms with Crippen molar-refractivity contribution < 1.29 is 23.4 Å². The summed E-state index contributed by atoms with van der Waals surface area (Å²) in [6, 6.07) is 18.6. The molecular formula is C34H32FN5O4. The number of carbonyl (C=O) groups excluding carboxylic acids is 1. The van der Waals surface area contributed by atoms with Crippen LogP contribution in [0.3, 0.4) is 0 Å². The maximum atomic E-state index is 15.0. The first-order valence-electron chi connectivity index (χ1n) is 15.1. The topological polar surface area (TPSA) is 92.9 Å². The molecule has 1 aliphatic carbocycles. The molecule has 0 N–H and O–H groups in total. The summed E-state index contributed by atoms with van der Waals surface area (Å²) < 4.78 is 35.6. The second kappa shape index (κ2) is 10.0. The lowest BCUT2D eigenvalue weighted by Gasteiger charge is -2.36. The first-order valence-corrected chi connectivity index (χ1v) is 15.1. The fourth-order valence-electron chi connectivity index (χ4n) is 6.89. The minimum Gasteiger partial charge on any atom is -0.444 e. The Morgan fingerprint density at radius 3 is 2.75 bits per heavy atom. The number of carbonyl (C=O) groups is 1. The molecule has 0 radical (unpaired) electrons. The van der Waals surface area contributed by atoms with Crippen molar-refractivity contribution in [2.24, 2.45) is 0 Å². The number of ketones is 1. The van der Waals surface area contributed by atoms with Crippen molar-refractivity contribution in [1.82, 2.24) is 14.5 Å². The van der Waals surface area contributed by atoms with Gasteiger partial charge in [-0.25, -0.2) is 9.37 Å². The van der Waals surface area contributed by atoms with Crippen LogP contribution in [0.4, 0.5) is 10.1 Å². The van der Waals surface area contributed by atoms with Crippen LogP contribution in [0.15, 0.2) is 54.6 Å². The number of imidazole rings is 1. The lowest BCUT2D eigenvalue weighted by molar-refractivity contribution is -0.0705. The summed E-state index contributed by atoms with van der Waals surface area (Å²) in [6.07, 6.45) is 2.22. The van der Waals surface area contributed by atoms with Crippen molar-refractivity contribution in [3.8, 4) is 17.6 Å². The third-order valence-electron chi connectivity index (χ3n) is 9.44. The van der Waals surface area contributed by atoms with E-state index in [4.69, 9.17) is 24.5 Å². The molecule has 1 aromatic heterocycles. The van der Waals surface area contributed by atoms with Gasteiger partial charge in [-0.3, -0.25) is 9.69 Å². The SMILES string of the molecule is CC(=O)c1ccc2nc(CN3CCN(c4cccc5c4OC(C)(c4ccc(C#N)cc4F)O5)C4CC43)n(C[C@@H]3CCO3)c2c1. The Balaban J connectivity index is 1.03. The monoisotopic (exact) mass is 593 g/mol. The van der Waals surface area contributed by atoms with E-state index in [-0.39, 0.29) is 23.0 Å². The Bertz CT molecular complexity index is 1860. The van der Waals surface area contributed by atoms with Gasteiger partial charge in [0.15, 0.2) is 17.3 Å². The molecule has 4 heterocycles. The number of benzene rings is 3. The van der Waals surface area contributed by atoms with Crippen molar-refractivity contribution in [2.45, 2.75) is 63.8 Å². The standard InChI is InChI=1S/C34H32FN5O4/c1-20(41)22-7-9-26-28(15-22)40(18-23-10-13-42-23)32(37-26)19-38-11-12-39(30-16-29(30)38)27-4-3-5-31-33(27)44-34(2,43-31)24-8-6-21(17-36)14-25(24)35/h3-9,14-15,23,29-30H,10-13,16,18-19H2,1-2H3/t23-,29?,30?,34?/m0/s1. The van der Waals surface area contributed by atoms with Crippen LogP contribution in [-0.2, 0) is 23.6 Å². The van der Waals surface area contributed by atoms with E-state index in [1.165, 1.54) is 6.07 Å². The Morgan fingerprint density at radius 1 is 1.14 bits per heavy atom. The number of rotatable bonds is 7. The van der Waals surface area contributed by atoms with E-state index in [2.05, 4.69) is 14.4 Å². The highest BCUT2D eigenvalue weighted by molar-refractivity contribution is 5.97. The quantitative estimate of drug-likeness (QED) is 0.272. The second-order valence-corrected chi connectivity index (χ2v) is 12.3. The summed E-state index contributed by atoms with van der Waals surface area (Å²) in [5, 5.41) is 9.15. The smallest absolute Gasteiger partial charge is 0.278 e. The van der Waals surface area contributed by atoms with E-state index in [1.54, 1.807) is 26.0 Å². The number of anilines is 1. The molecule has 10 heteroatoms. The van der Waals surface area contributed by atoms with Gasteiger partial charge in [-0.1, -0.05) is 6.07 Å². The minimum atomic E-state index is -1.34. The number of hydrogen-bond acceptors (Lipinski definition) is 8. The third-order valence-corrected chi connectivity index (χ3v) is 9.44. The van der Waals surface area contributed by atoms with Gasteiger partial charge >= 0.3 is 0 Å². The minimum absolute atomic E-state index is 0.0437. The van der Waals surface area contributed by atoms with Crippen molar-refractivity contribution >= 4 is 22.5 Å². The van der Waals surface area contributed by atoms with Crippen LogP contribution in [0.25, 0.3) is 11.0 Å². The highest BCUT2D eigenvalue weighted by Gasteiger charge is 2.51. The van der Waals surface area contributed by atoms with Gasteiger partial charge in [-0.15, -0.1) is 0 Å². The van der Waals surface area contributed by atoms with E-state index < -0.39 is 11.6 Å². The lowest BCUT2D eigenvalue weighted by Crippen LogP contribution is -2.46. The van der Waals surface area contributed by atoms with E-state index in [0.717, 1.165) is 61.6 Å². The molecule has 3 unspecified atom stereocenters. The molecule has 1 saturated carbocycles. The number of ether oxygens (including phenoxy) is 3. The number of nitriles is 1. The Hall–Kier alpha value is -4.46. The maximum Gasteiger partial charge on any atom is 0.278 e. The van der Waals surface area contributed by atoms with E-state index in [0.29, 0.717) is 35.7 Å². The largest absolute Gasteiger partial charge is 0.444 e. The predicted molar refractivity (Wildman–Crippen MR) is 160 cm³/mol. The first-order chi connectivity index (χ1) is 21.3. The number of halogens is 1. The third kappa shape index (κ3) is 4.42. The van der Waals surface area contributed by atoms with Crippen molar-refractivity contribution in [3.63, 3.8) is 0 Å². The summed E-state index contributed by atoms with van der Waals surface area (Å²) in [6.45, 7) is 7.17. The zero-order valence-corrected chi connectivity index (χ0v) is 24.6. The molecule has 4 aromatic rings. The molecule has 3 aliphatic heterocycles. The zero-order valence-electron chi connectivity index (χ0n) is 24.6. The van der Waals surface area contributed by atoms with Gasteiger partial charge in [0.1, 0.15) is 11.6 Å². The summed E-state index contributed by atoms with van der Waals surface area (Å²) in [5.74, 6) is 0.345. The van der Waals surface area contributed by atoms with E-state index >= 15 is 0 Å². The molecule has 3 fully saturated rings. The van der Waals surface area contributed by atoms with Gasteiger partial charge in [0, 0.05) is 44.3 Å². The first kappa shape index (κ1) is 27.1. The Morgan fingerprint density at radius 2 is 2.00 bits per heavy atom. The van der Waals surface area contributed by atoms with Crippen molar-refractivity contribution in [2.75, 3.05) is 24.6 Å². The molecule has 0 bridgehead atoms. The number of para-hydroxylation sites is 1. The molecule has 2 saturated heterocycles. The average molecular weight is 594 g/mol. The number of aromatic nitrogens is 2. The van der Waals surface area contributed by atoms with E-state index in [9.17, 15) is 9.18 Å². The Kier molecular flexibility index (Phi) is 6.19. The van der Waals surface area contributed by atoms with Crippen LogP contribution in [0, 0.1) is 17.1 Å². The van der Waals surface area contributed by atoms with Gasteiger partial charge in [0.25, 0.3) is 5.79 Å². The molecule has 8 rings (SSSR count). The van der Waals surface area contributed by atoms with Crippen molar-refractivity contribution in [3.05, 3.63) is 82.9 Å². The fourth-order valence-corrected chi connectivity index (χ4v) is 6.89. The summed E-state index contributed by atoms with van der Waals surface area (Å²) >= 11 is 0. The summed E-state index contributed by atoms with van der Waals surface area (Å²) in [5.41, 5.74) is 4.01.